The smallest absolute Gasteiger partial charge is 0.136 e. The number of hydrogen-bond donors (Lipinski definition) is 0. The molecule has 2 rings (SSSR count). The number of hydrogen-bond acceptors (Lipinski definition) is 2. The maximum absolute atomic E-state index is 5.97. The van der Waals surface area contributed by atoms with Gasteiger partial charge in [0.15, 0.2) is 0 Å². The molecule has 0 aliphatic rings. The summed E-state index contributed by atoms with van der Waals surface area (Å²) in [7, 11) is 0. The Hall–Kier alpha value is -1.00. The van der Waals surface area contributed by atoms with Crippen molar-refractivity contribution in [1.29, 1.82) is 0 Å². The molecule has 0 saturated carbocycles. The fraction of sp³-hybridized carbons (Fsp3) is 0.357. The maximum atomic E-state index is 5.97. The summed E-state index contributed by atoms with van der Waals surface area (Å²) in [6.45, 7) is 3.68. The van der Waals surface area contributed by atoms with Crippen LogP contribution in [0.15, 0.2) is 35.3 Å². The van der Waals surface area contributed by atoms with Crippen molar-refractivity contribution in [2.75, 3.05) is 6.61 Å². The summed E-state index contributed by atoms with van der Waals surface area (Å²) in [6.07, 6.45) is 7.68. The number of rotatable bonds is 6. The average molecular weight is 344 g/mol. The van der Waals surface area contributed by atoms with Crippen LogP contribution in [0.5, 0.6) is 5.75 Å². The van der Waals surface area contributed by atoms with Crippen molar-refractivity contribution in [3.63, 3.8) is 0 Å². The number of aryl methyl sites for hydroxylation is 2. The van der Waals surface area contributed by atoms with E-state index in [1.54, 1.807) is 6.20 Å². The summed E-state index contributed by atoms with van der Waals surface area (Å²) in [5.41, 5.74) is 1.05. The second kappa shape index (κ2) is 6.96. The highest BCUT2D eigenvalue weighted by Gasteiger charge is 2.06. The highest BCUT2D eigenvalue weighted by atomic mass is 79.9. The van der Waals surface area contributed by atoms with E-state index in [0.29, 0.717) is 6.61 Å². The van der Waals surface area contributed by atoms with Gasteiger partial charge in [-0.1, -0.05) is 11.6 Å². The highest BCUT2D eigenvalue weighted by Crippen LogP contribution is 2.32. The Morgan fingerprint density at radius 1 is 1.37 bits per heavy atom. The molecule has 5 heteroatoms. The quantitative estimate of drug-likeness (QED) is 0.724. The fourth-order valence-corrected chi connectivity index (χ4v) is 2.94. The maximum Gasteiger partial charge on any atom is 0.136 e. The van der Waals surface area contributed by atoms with Crippen LogP contribution in [0.1, 0.15) is 18.4 Å². The van der Waals surface area contributed by atoms with Crippen LogP contribution < -0.4 is 4.74 Å². The van der Waals surface area contributed by atoms with Gasteiger partial charge in [0.25, 0.3) is 0 Å². The van der Waals surface area contributed by atoms with E-state index in [1.807, 2.05) is 31.6 Å². The minimum atomic E-state index is 0.704. The Labute approximate surface area is 126 Å². The van der Waals surface area contributed by atoms with E-state index in [9.17, 15) is 0 Å². The SMILES string of the molecule is Cc1cc(Cl)cc(Br)c1OCCCCn1ccnc1. The predicted molar refractivity (Wildman–Crippen MR) is 80.8 cm³/mol. The average Bonchev–Trinajstić information content (AvgIpc) is 2.84. The van der Waals surface area contributed by atoms with Gasteiger partial charge in [0, 0.05) is 24.0 Å². The lowest BCUT2D eigenvalue weighted by atomic mass is 10.2. The summed E-state index contributed by atoms with van der Waals surface area (Å²) < 4.78 is 8.79. The summed E-state index contributed by atoms with van der Waals surface area (Å²) in [6, 6.07) is 3.77. The third kappa shape index (κ3) is 4.25. The van der Waals surface area contributed by atoms with E-state index in [0.717, 1.165) is 40.2 Å². The van der Waals surface area contributed by atoms with Crippen molar-refractivity contribution in [3.05, 3.63) is 45.9 Å². The van der Waals surface area contributed by atoms with Gasteiger partial charge in [0.2, 0.25) is 0 Å². The van der Waals surface area contributed by atoms with Crippen LogP contribution in [-0.2, 0) is 6.54 Å². The molecule has 0 bridgehead atoms. The summed E-state index contributed by atoms with van der Waals surface area (Å²) in [4.78, 5) is 4.01. The molecule has 0 radical (unpaired) electrons. The molecule has 0 spiro atoms. The number of imidazole rings is 1. The van der Waals surface area contributed by atoms with Crippen molar-refractivity contribution in [1.82, 2.24) is 9.55 Å². The fourth-order valence-electron chi connectivity index (χ4n) is 1.86. The van der Waals surface area contributed by atoms with Crippen LogP contribution in [0, 0.1) is 6.92 Å². The molecular weight excluding hydrogens is 328 g/mol. The van der Waals surface area contributed by atoms with Gasteiger partial charge in [-0.3, -0.25) is 0 Å². The van der Waals surface area contributed by atoms with Crippen LogP contribution in [0.3, 0.4) is 0 Å². The Balaban J connectivity index is 1.77. The van der Waals surface area contributed by atoms with Crippen molar-refractivity contribution >= 4 is 27.5 Å². The van der Waals surface area contributed by atoms with E-state index in [4.69, 9.17) is 16.3 Å². The summed E-state index contributed by atoms with van der Waals surface area (Å²) >= 11 is 9.45. The highest BCUT2D eigenvalue weighted by molar-refractivity contribution is 9.10. The number of benzene rings is 1. The van der Waals surface area contributed by atoms with Gasteiger partial charge in [0.05, 0.1) is 17.4 Å². The molecule has 0 saturated heterocycles. The molecule has 1 aromatic heterocycles. The zero-order valence-corrected chi connectivity index (χ0v) is 13.1. The van der Waals surface area contributed by atoms with E-state index < -0.39 is 0 Å². The lowest BCUT2D eigenvalue weighted by Gasteiger charge is -2.11. The summed E-state index contributed by atoms with van der Waals surface area (Å²) in [5, 5.41) is 0.719. The first-order valence-electron chi connectivity index (χ1n) is 6.21. The Morgan fingerprint density at radius 2 is 2.21 bits per heavy atom. The number of unbranched alkanes of at least 4 members (excludes halogenated alkanes) is 1. The topological polar surface area (TPSA) is 27.1 Å². The van der Waals surface area contributed by atoms with Gasteiger partial charge in [-0.2, -0.15) is 0 Å². The third-order valence-electron chi connectivity index (χ3n) is 2.81. The molecule has 0 aliphatic carbocycles. The second-order valence-electron chi connectivity index (χ2n) is 4.39. The van der Waals surface area contributed by atoms with Crippen molar-refractivity contribution < 1.29 is 4.74 Å². The van der Waals surface area contributed by atoms with E-state index in [1.165, 1.54) is 0 Å². The lowest BCUT2D eigenvalue weighted by molar-refractivity contribution is 0.299. The molecule has 102 valence electrons. The molecule has 0 amide bonds. The van der Waals surface area contributed by atoms with Crippen molar-refractivity contribution in [2.45, 2.75) is 26.3 Å². The molecule has 0 aliphatic heterocycles. The molecule has 0 atom stereocenters. The second-order valence-corrected chi connectivity index (χ2v) is 5.68. The van der Waals surface area contributed by atoms with Crippen LogP contribution in [0.25, 0.3) is 0 Å². The largest absolute Gasteiger partial charge is 0.492 e. The Morgan fingerprint density at radius 3 is 2.89 bits per heavy atom. The first-order valence-corrected chi connectivity index (χ1v) is 7.38. The van der Waals surface area contributed by atoms with E-state index in [-0.39, 0.29) is 0 Å². The van der Waals surface area contributed by atoms with Gasteiger partial charge < -0.3 is 9.30 Å². The molecule has 3 nitrogen and oxygen atoms in total. The van der Waals surface area contributed by atoms with Crippen LogP contribution in [-0.4, -0.2) is 16.2 Å². The van der Waals surface area contributed by atoms with E-state index in [2.05, 4.69) is 25.5 Å². The molecule has 1 heterocycles. The number of aromatic nitrogens is 2. The zero-order chi connectivity index (χ0) is 13.7. The molecule has 0 N–H and O–H groups in total. The monoisotopic (exact) mass is 342 g/mol. The Kier molecular flexibility index (Phi) is 5.28. The van der Waals surface area contributed by atoms with Gasteiger partial charge in [0.1, 0.15) is 5.75 Å². The minimum absolute atomic E-state index is 0.704. The number of halogens is 2. The molecular formula is C14H16BrClN2O. The normalized spacial score (nSPS) is 10.7. The van der Waals surface area contributed by atoms with Gasteiger partial charge in [-0.05, 0) is 53.4 Å². The molecule has 0 unspecified atom stereocenters. The first-order chi connectivity index (χ1) is 9.16. The zero-order valence-electron chi connectivity index (χ0n) is 10.8. The first kappa shape index (κ1) is 14.4. The van der Waals surface area contributed by atoms with Gasteiger partial charge in [-0.15, -0.1) is 0 Å². The standard InChI is InChI=1S/C14H16BrClN2O/c1-11-8-12(16)9-13(15)14(11)19-7-3-2-5-18-6-4-17-10-18/h4,6,8-10H,2-3,5,7H2,1H3. The van der Waals surface area contributed by atoms with Crippen molar-refractivity contribution in [2.24, 2.45) is 0 Å². The van der Waals surface area contributed by atoms with Crippen molar-refractivity contribution in [3.8, 4) is 5.75 Å². The lowest BCUT2D eigenvalue weighted by Crippen LogP contribution is -2.02. The minimum Gasteiger partial charge on any atom is -0.492 e. The molecule has 19 heavy (non-hydrogen) atoms. The van der Waals surface area contributed by atoms with Gasteiger partial charge >= 0.3 is 0 Å². The van der Waals surface area contributed by atoms with Crippen LogP contribution >= 0.6 is 27.5 Å². The molecule has 0 fully saturated rings. The Bertz CT molecular complexity index is 505. The summed E-state index contributed by atoms with van der Waals surface area (Å²) in [5.74, 6) is 0.882. The molecule has 2 aromatic rings. The predicted octanol–water partition coefficient (Wildman–Crippen LogP) is 4.47. The van der Waals surface area contributed by atoms with Crippen LogP contribution in [0.4, 0.5) is 0 Å². The molecule has 1 aromatic carbocycles. The van der Waals surface area contributed by atoms with E-state index >= 15 is 0 Å². The number of ether oxygens (including phenoxy) is 1. The third-order valence-corrected chi connectivity index (χ3v) is 3.62. The van der Waals surface area contributed by atoms with Gasteiger partial charge in [-0.25, -0.2) is 4.98 Å². The van der Waals surface area contributed by atoms with Crippen LogP contribution in [0.2, 0.25) is 5.02 Å². The number of nitrogens with zero attached hydrogens (tertiary/aromatic N) is 2.